The summed E-state index contributed by atoms with van der Waals surface area (Å²) >= 11 is 1.26. The molecule has 0 aromatic carbocycles. The van der Waals surface area contributed by atoms with Crippen molar-refractivity contribution in [3.05, 3.63) is 11.1 Å². The molecule has 5 nitrogen and oxygen atoms in total. The van der Waals surface area contributed by atoms with Gasteiger partial charge in [-0.25, -0.2) is 4.98 Å². The summed E-state index contributed by atoms with van der Waals surface area (Å²) in [5.74, 6) is -0.292. The van der Waals surface area contributed by atoms with Gasteiger partial charge in [-0.05, 0) is 13.3 Å². The van der Waals surface area contributed by atoms with Crippen molar-refractivity contribution < 1.29 is 9.59 Å². The predicted molar refractivity (Wildman–Crippen MR) is 72.9 cm³/mol. The molecule has 0 aliphatic rings. The van der Waals surface area contributed by atoms with E-state index in [1.807, 2.05) is 6.92 Å². The molecule has 0 aliphatic carbocycles. The molecule has 0 radical (unpaired) electrons. The Morgan fingerprint density at radius 3 is 2.78 bits per heavy atom. The van der Waals surface area contributed by atoms with Gasteiger partial charge in [0.05, 0.1) is 0 Å². The quantitative estimate of drug-likeness (QED) is 0.892. The molecule has 0 bridgehead atoms. The minimum Gasteiger partial charge on any atom is -0.338 e. The number of rotatable bonds is 5. The van der Waals surface area contributed by atoms with Crippen molar-refractivity contribution >= 4 is 28.3 Å². The maximum Gasteiger partial charge on any atom is 0.273 e. The minimum absolute atomic E-state index is 0.108. The molecule has 1 aromatic heterocycles. The molecule has 1 atom stereocenters. The highest BCUT2D eigenvalue weighted by Crippen LogP contribution is 2.17. The van der Waals surface area contributed by atoms with Crippen LogP contribution >= 0.6 is 11.3 Å². The molecule has 1 aromatic rings. The van der Waals surface area contributed by atoms with E-state index in [4.69, 9.17) is 0 Å². The van der Waals surface area contributed by atoms with Gasteiger partial charge in [0.1, 0.15) is 5.69 Å². The van der Waals surface area contributed by atoms with E-state index in [0.29, 0.717) is 10.8 Å². The Labute approximate surface area is 111 Å². The summed E-state index contributed by atoms with van der Waals surface area (Å²) in [6.45, 7) is 5.52. The fourth-order valence-corrected chi connectivity index (χ4v) is 2.30. The molecular formula is C12H19N3O2S. The largest absolute Gasteiger partial charge is 0.338 e. The van der Waals surface area contributed by atoms with E-state index in [1.54, 1.807) is 17.3 Å². The number of nitrogens with zero attached hydrogens (tertiary/aromatic N) is 2. The molecule has 0 fully saturated rings. The normalized spacial score (nSPS) is 12.0. The highest BCUT2D eigenvalue weighted by atomic mass is 32.1. The van der Waals surface area contributed by atoms with Gasteiger partial charge in [0.15, 0.2) is 5.13 Å². The van der Waals surface area contributed by atoms with E-state index in [1.165, 1.54) is 18.3 Å². The van der Waals surface area contributed by atoms with Crippen molar-refractivity contribution in [3.63, 3.8) is 0 Å². The number of amides is 2. The van der Waals surface area contributed by atoms with Gasteiger partial charge in [-0.1, -0.05) is 13.3 Å². The monoisotopic (exact) mass is 269 g/mol. The van der Waals surface area contributed by atoms with Crippen LogP contribution in [0.4, 0.5) is 5.13 Å². The lowest BCUT2D eigenvalue weighted by molar-refractivity contribution is -0.114. The first-order valence-corrected chi connectivity index (χ1v) is 6.84. The second kappa shape index (κ2) is 6.49. The zero-order valence-electron chi connectivity index (χ0n) is 11.2. The molecule has 0 saturated carbocycles. The minimum atomic E-state index is -0.184. The number of carbonyl (C=O) groups excluding carboxylic acids is 2. The second-order valence-electron chi connectivity index (χ2n) is 4.27. The summed E-state index contributed by atoms with van der Waals surface area (Å²) in [5.41, 5.74) is 0.384. The van der Waals surface area contributed by atoms with Crippen LogP contribution in [0.1, 0.15) is 44.1 Å². The average molecular weight is 269 g/mol. The first-order chi connectivity index (χ1) is 8.45. The smallest absolute Gasteiger partial charge is 0.273 e. The van der Waals surface area contributed by atoms with Crippen molar-refractivity contribution in [1.29, 1.82) is 0 Å². The van der Waals surface area contributed by atoms with Crippen molar-refractivity contribution in [3.8, 4) is 0 Å². The van der Waals surface area contributed by atoms with Gasteiger partial charge in [0, 0.05) is 25.4 Å². The van der Waals surface area contributed by atoms with Crippen molar-refractivity contribution in [2.75, 3.05) is 12.4 Å². The number of thiazole rings is 1. The second-order valence-corrected chi connectivity index (χ2v) is 5.13. The Morgan fingerprint density at radius 1 is 1.56 bits per heavy atom. The lowest BCUT2D eigenvalue weighted by atomic mass is 10.1. The van der Waals surface area contributed by atoms with E-state index in [-0.39, 0.29) is 17.9 Å². The molecule has 18 heavy (non-hydrogen) atoms. The van der Waals surface area contributed by atoms with Crippen LogP contribution in [0.3, 0.4) is 0 Å². The van der Waals surface area contributed by atoms with Crippen LogP contribution in [0.25, 0.3) is 0 Å². The summed E-state index contributed by atoms with van der Waals surface area (Å²) in [6.07, 6.45) is 2.00. The third kappa shape index (κ3) is 3.80. The first-order valence-electron chi connectivity index (χ1n) is 5.96. The van der Waals surface area contributed by atoms with Crippen LogP contribution in [0, 0.1) is 0 Å². The Hall–Kier alpha value is -1.43. The number of carbonyl (C=O) groups is 2. The Balaban J connectivity index is 2.71. The Morgan fingerprint density at radius 2 is 2.22 bits per heavy atom. The molecule has 6 heteroatoms. The zero-order valence-corrected chi connectivity index (χ0v) is 12.0. The van der Waals surface area contributed by atoms with Gasteiger partial charge in [-0.15, -0.1) is 11.3 Å². The van der Waals surface area contributed by atoms with E-state index >= 15 is 0 Å². The van der Waals surface area contributed by atoms with Crippen LogP contribution in [0.15, 0.2) is 5.38 Å². The number of anilines is 1. The third-order valence-corrected chi connectivity index (χ3v) is 3.45. The SMILES string of the molecule is CCC[C@@H](C)N(C)C(=O)c1csc(NC(C)=O)n1. The fourth-order valence-electron chi connectivity index (χ4n) is 1.57. The Kier molecular flexibility index (Phi) is 5.27. The summed E-state index contributed by atoms with van der Waals surface area (Å²) in [6, 6.07) is 0.188. The summed E-state index contributed by atoms with van der Waals surface area (Å²) in [4.78, 5) is 28.8. The molecule has 0 unspecified atom stereocenters. The van der Waals surface area contributed by atoms with Crippen molar-refractivity contribution in [2.45, 2.75) is 39.7 Å². The van der Waals surface area contributed by atoms with Crippen molar-refractivity contribution in [1.82, 2.24) is 9.88 Å². The van der Waals surface area contributed by atoms with Gasteiger partial charge >= 0.3 is 0 Å². The highest BCUT2D eigenvalue weighted by molar-refractivity contribution is 7.14. The lowest BCUT2D eigenvalue weighted by Gasteiger charge is -2.23. The van der Waals surface area contributed by atoms with E-state index < -0.39 is 0 Å². The van der Waals surface area contributed by atoms with E-state index in [9.17, 15) is 9.59 Å². The third-order valence-electron chi connectivity index (χ3n) is 2.69. The fraction of sp³-hybridized carbons (Fsp3) is 0.583. The van der Waals surface area contributed by atoms with E-state index in [2.05, 4.69) is 17.2 Å². The Bertz CT molecular complexity index is 431. The molecule has 0 aliphatic heterocycles. The highest BCUT2D eigenvalue weighted by Gasteiger charge is 2.19. The molecule has 1 N–H and O–H groups in total. The molecule has 0 saturated heterocycles. The maximum absolute atomic E-state index is 12.1. The van der Waals surface area contributed by atoms with Crippen LogP contribution in [-0.4, -0.2) is 34.8 Å². The zero-order chi connectivity index (χ0) is 13.7. The molecule has 1 rings (SSSR count). The molecule has 100 valence electrons. The average Bonchev–Trinajstić information content (AvgIpc) is 2.75. The van der Waals surface area contributed by atoms with Crippen LogP contribution < -0.4 is 5.32 Å². The standard InChI is InChI=1S/C12H19N3O2S/c1-5-6-8(2)15(4)11(17)10-7-18-12(14-10)13-9(3)16/h7-8H,5-6H2,1-4H3,(H,13,14,16)/t8-/m1/s1. The van der Waals surface area contributed by atoms with Gasteiger partial charge < -0.3 is 10.2 Å². The maximum atomic E-state index is 12.1. The lowest BCUT2D eigenvalue weighted by Crippen LogP contribution is -2.35. The summed E-state index contributed by atoms with van der Waals surface area (Å²) in [7, 11) is 1.78. The molecule has 2 amide bonds. The van der Waals surface area contributed by atoms with Crippen LogP contribution in [0.2, 0.25) is 0 Å². The van der Waals surface area contributed by atoms with Crippen molar-refractivity contribution in [2.24, 2.45) is 0 Å². The molecular weight excluding hydrogens is 250 g/mol. The van der Waals surface area contributed by atoms with Gasteiger partial charge in [-0.2, -0.15) is 0 Å². The van der Waals surface area contributed by atoms with E-state index in [0.717, 1.165) is 12.8 Å². The molecule has 1 heterocycles. The van der Waals surface area contributed by atoms with Gasteiger partial charge in [0.25, 0.3) is 5.91 Å². The number of hydrogen-bond acceptors (Lipinski definition) is 4. The predicted octanol–water partition coefficient (Wildman–Crippen LogP) is 2.36. The summed E-state index contributed by atoms with van der Waals surface area (Å²) < 4.78 is 0. The summed E-state index contributed by atoms with van der Waals surface area (Å²) in [5, 5.41) is 4.70. The number of aromatic nitrogens is 1. The van der Waals surface area contributed by atoms with Crippen LogP contribution in [0.5, 0.6) is 0 Å². The number of hydrogen-bond donors (Lipinski definition) is 1. The topological polar surface area (TPSA) is 62.3 Å². The van der Waals surface area contributed by atoms with Crippen LogP contribution in [-0.2, 0) is 4.79 Å². The van der Waals surface area contributed by atoms with Gasteiger partial charge in [0.2, 0.25) is 5.91 Å². The van der Waals surface area contributed by atoms with Gasteiger partial charge in [-0.3, -0.25) is 9.59 Å². The first kappa shape index (κ1) is 14.6. The molecule has 0 spiro atoms. The number of nitrogens with one attached hydrogen (secondary N) is 1.